The summed E-state index contributed by atoms with van der Waals surface area (Å²) in [5.41, 5.74) is 5.89. The predicted octanol–water partition coefficient (Wildman–Crippen LogP) is 6.74. The van der Waals surface area contributed by atoms with Crippen molar-refractivity contribution in [3.63, 3.8) is 0 Å². The van der Waals surface area contributed by atoms with Gasteiger partial charge in [-0.1, -0.05) is 32.0 Å². The van der Waals surface area contributed by atoms with E-state index in [4.69, 9.17) is 14.0 Å². The number of aromatic nitrogens is 2. The summed E-state index contributed by atoms with van der Waals surface area (Å²) in [7, 11) is -1.21. The van der Waals surface area contributed by atoms with Gasteiger partial charge in [0.25, 0.3) is 0 Å². The van der Waals surface area contributed by atoms with Crippen LogP contribution in [0.2, 0.25) is 0 Å². The van der Waals surface area contributed by atoms with Crippen LogP contribution in [-0.4, -0.2) is 71.3 Å². The predicted molar refractivity (Wildman–Crippen MR) is 169 cm³/mol. The molecule has 5 rings (SSSR count). The molecule has 7 nitrogen and oxygen atoms in total. The van der Waals surface area contributed by atoms with Crippen molar-refractivity contribution in [3.8, 4) is 11.4 Å². The molecule has 0 N–H and O–H groups in total. The Morgan fingerprint density at radius 2 is 1.59 bits per heavy atom. The Balaban J connectivity index is 1.29. The Labute approximate surface area is 246 Å². The van der Waals surface area contributed by atoms with Crippen molar-refractivity contribution >= 4 is 23.9 Å². The van der Waals surface area contributed by atoms with Gasteiger partial charge in [0.2, 0.25) is 0 Å². The van der Waals surface area contributed by atoms with E-state index in [1.165, 1.54) is 75.1 Å². The fourth-order valence-electron chi connectivity index (χ4n) is 6.88. The topological polar surface area (TPSA) is 59.8 Å². The highest BCUT2D eigenvalue weighted by molar-refractivity contribution is 7.62. The summed E-state index contributed by atoms with van der Waals surface area (Å²) >= 11 is 0. The number of aryl methyl sites for hydroxylation is 2. The molecule has 0 radical (unpaired) electrons. The minimum atomic E-state index is -3.31. The van der Waals surface area contributed by atoms with Crippen LogP contribution in [-0.2, 0) is 20.7 Å². The molecule has 1 aromatic heterocycles. The molecule has 2 aliphatic heterocycles. The van der Waals surface area contributed by atoms with Gasteiger partial charge in [0.1, 0.15) is 5.82 Å². The second kappa shape index (κ2) is 13.1. The first kappa shape index (κ1) is 30.4. The van der Waals surface area contributed by atoms with E-state index in [0.717, 1.165) is 28.9 Å². The lowest BCUT2D eigenvalue weighted by atomic mass is 9.87. The third kappa shape index (κ3) is 6.65. The Kier molecular flexibility index (Phi) is 9.72. The Morgan fingerprint density at radius 3 is 2.17 bits per heavy atom. The molecule has 0 atom stereocenters. The highest BCUT2D eigenvalue weighted by Gasteiger charge is 2.30. The molecule has 0 unspecified atom stereocenters. The number of piperidine rings is 2. The summed E-state index contributed by atoms with van der Waals surface area (Å²) in [5.74, 6) is 2.26. The van der Waals surface area contributed by atoms with Crippen LogP contribution in [0.3, 0.4) is 0 Å². The first-order chi connectivity index (χ1) is 19.7. The number of nitrogens with zero attached hydrogens (tertiary/aromatic N) is 4. The van der Waals surface area contributed by atoms with Gasteiger partial charge in [-0.05, 0) is 114 Å². The number of hydrogen-bond donors (Lipinski definition) is 0. The largest absolute Gasteiger partial charge is 0.361 e. The second-order valence-electron chi connectivity index (χ2n) is 12.3. The molecule has 0 amide bonds. The summed E-state index contributed by atoms with van der Waals surface area (Å²) in [4.78, 5) is 10.5. The minimum Gasteiger partial charge on any atom is -0.327 e. The van der Waals surface area contributed by atoms with Crippen molar-refractivity contribution in [2.45, 2.75) is 72.3 Å². The number of imidazole rings is 1. The van der Waals surface area contributed by atoms with Crippen molar-refractivity contribution in [3.05, 3.63) is 47.5 Å². The van der Waals surface area contributed by atoms with Crippen molar-refractivity contribution in [2.24, 2.45) is 13.0 Å². The Hall–Kier alpha value is -2.02. The maximum absolute atomic E-state index is 13.2. The van der Waals surface area contributed by atoms with Crippen molar-refractivity contribution in [1.82, 2.24) is 19.4 Å². The summed E-state index contributed by atoms with van der Waals surface area (Å²) in [6.07, 6.45) is 5.08. The molecular formula is C33H49N4O3P. The van der Waals surface area contributed by atoms with Gasteiger partial charge in [0.15, 0.2) is 0 Å². The van der Waals surface area contributed by atoms with E-state index >= 15 is 0 Å². The van der Waals surface area contributed by atoms with Crippen LogP contribution in [0.5, 0.6) is 0 Å². The first-order valence-electron chi connectivity index (χ1n) is 15.7. The zero-order chi connectivity index (χ0) is 29.1. The van der Waals surface area contributed by atoms with Gasteiger partial charge < -0.3 is 23.4 Å². The van der Waals surface area contributed by atoms with Gasteiger partial charge in [-0.25, -0.2) is 4.98 Å². The number of fused-ring (bicyclic) bond motifs is 1. The highest BCUT2D eigenvalue weighted by Crippen LogP contribution is 2.47. The average Bonchev–Trinajstić information content (AvgIpc) is 3.30. The first-order valence-corrected chi connectivity index (χ1v) is 17.2. The standard InChI is InChI=1S/C33H49N4O3P/c1-7-39-41(38,40-8-2)30-11-9-27(10-12-30)33-34-32-25(5)21-28(22-31(32)35(33)6)26-13-19-37(20-14-26)29-15-17-36(18-16-29)23-24(3)4/h9-12,21-22,24,26,29H,7-8,13-20,23H2,1-6H3. The number of benzene rings is 2. The van der Waals surface area contributed by atoms with Gasteiger partial charge >= 0.3 is 7.60 Å². The second-order valence-corrected chi connectivity index (χ2v) is 14.3. The highest BCUT2D eigenvalue weighted by atomic mass is 31.2. The van der Waals surface area contributed by atoms with E-state index in [2.05, 4.69) is 54.3 Å². The van der Waals surface area contributed by atoms with Gasteiger partial charge in [0, 0.05) is 25.2 Å². The molecule has 224 valence electrons. The molecule has 2 fully saturated rings. The van der Waals surface area contributed by atoms with Crippen LogP contribution in [0.1, 0.15) is 70.4 Å². The summed E-state index contributed by atoms with van der Waals surface area (Å²) in [5, 5.41) is 0.578. The van der Waals surface area contributed by atoms with Crippen LogP contribution in [0.25, 0.3) is 22.4 Å². The quantitative estimate of drug-likeness (QED) is 0.248. The van der Waals surface area contributed by atoms with E-state index in [9.17, 15) is 4.57 Å². The van der Waals surface area contributed by atoms with Gasteiger partial charge in [-0.15, -0.1) is 0 Å². The lowest BCUT2D eigenvalue weighted by molar-refractivity contribution is 0.0828. The lowest BCUT2D eigenvalue weighted by Gasteiger charge is -2.42. The Bertz CT molecular complexity index is 1340. The maximum Gasteiger partial charge on any atom is 0.361 e. The fourth-order valence-corrected chi connectivity index (χ4v) is 8.45. The van der Waals surface area contributed by atoms with Crippen molar-refractivity contribution < 1.29 is 13.6 Å². The average molecular weight is 581 g/mol. The van der Waals surface area contributed by atoms with Crippen molar-refractivity contribution in [1.29, 1.82) is 0 Å². The van der Waals surface area contributed by atoms with E-state index in [1.807, 2.05) is 38.1 Å². The maximum atomic E-state index is 13.2. The molecule has 0 spiro atoms. The molecule has 0 bridgehead atoms. The van der Waals surface area contributed by atoms with Crippen LogP contribution in [0.15, 0.2) is 36.4 Å². The molecule has 41 heavy (non-hydrogen) atoms. The van der Waals surface area contributed by atoms with E-state index < -0.39 is 7.60 Å². The van der Waals surface area contributed by atoms with Gasteiger partial charge in [-0.2, -0.15) is 0 Å². The van der Waals surface area contributed by atoms with Crippen LogP contribution >= 0.6 is 7.60 Å². The fraction of sp³-hybridized carbons (Fsp3) is 0.606. The summed E-state index contributed by atoms with van der Waals surface area (Å²) < 4.78 is 26.4. The third-order valence-corrected chi connectivity index (χ3v) is 11.1. The molecule has 2 aliphatic rings. The SMILES string of the molecule is CCOP(=O)(OCC)c1ccc(-c2nc3c(C)cc(C4CCN(C5CCN(CC(C)C)CC5)CC4)cc3n2C)cc1. The van der Waals surface area contributed by atoms with E-state index in [0.29, 0.717) is 24.4 Å². The minimum absolute atomic E-state index is 0.335. The normalized spacial score (nSPS) is 18.6. The van der Waals surface area contributed by atoms with Gasteiger partial charge in [0.05, 0.1) is 29.6 Å². The van der Waals surface area contributed by atoms with E-state index in [1.54, 1.807) is 0 Å². The molecular weight excluding hydrogens is 531 g/mol. The number of rotatable bonds is 10. The number of likely N-dealkylation sites (tertiary alicyclic amines) is 2. The molecule has 2 aromatic carbocycles. The Morgan fingerprint density at radius 1 is 0.951 bits per heavy atom. The molecule has 8 heteroatoms. The molecule has 0 saturated carbocycles. The molecule has 3 aromatic rings. The third-order valence-electron chi connectivity index (χ3n) is 8.94. The van der Waals surface area contributed by atoms with Crippen LogP contribution in [0.4, 0.5) is 0 Å². The van der Waals surface area contributed by atoms with Crippen LogP contribution in [0, 0.1) is 12.8 Å². The van der Waals surface area contributed by atoms with Gasteiger partial charge in [-0.3, -0.25) is 4.57 Å². The summed E-state index contributed by atoms with van der Waals surface area (Å²) in [6, 6.07) is 13.1. The van der Waals surface area contributed by atoms with E-state index in [-0.39, 0.29) is 0 Å². The van der Waals surface area contributed by atoms with Crippen LogP contribution < -0.4 is 5.30 Å². The zero-order valence-electron chi connectivity index (χ0n) is 25.9. The molecule has 3 heterocycles. The number of hydrogen-bond acceptors (Lipinski definition) is 6. The zero-order valence-corrected chi connectivity index (χ0v) is 26.8. The smallest absolute Gasteiger partial charge is 0.327 e. The monoisotopic (exact) mass is 580 g/mol. The summed E-state index contributed by atoms with van der Waals surface area (Å²) in [6.45, 7) is 17.3. The molecule has 2 saturated heterocycles. The lowest BCUT2D eigenvalue weighted by Crippen LogP contribution is -2.48. The molecule has 0 aliphatic carbocycles. The van der Waals surface area contributed by atoms with Crippen molar-refractivity contribution in [2.75, 3.05) is 45.9 Å².